The summed E-state index contributed by atoms with van der Waals surface area (Å²) in [6.07, 6.45) is 2.66. The van der Waals surface area contributed by atoms with Crippen LogP contribution < -0.4 is 0 Å². The van der Waals surface area contributed by atoms with Gasteiger partial charge in [0.25, 0.3) is 0 Å². The Kier molecular flexibility index (Phi) is 5.24. The Bertz CT molecular complexity index is 857. The summed E-state index contributed by atoms with van der Waals surface area (Å²) in [6.45, 7) is 5.40. The van der Waals surface area contributed by atoms with Gasteiger partial charge < -0.3 is 9.47 Å². The Morgan fingerprint density at radius 3 is 2.64 bits per heavy atom. The van der Waals surface area contributed by atoms with E-state index in [1.807, 2.05) is 22.8 Å². The number of benzene rings is 1. The highest BCUT2D eigenvalue weighted by molar-refractivity contribution is 5.94. The number of ketones is 1. The van der Waals surface area contributed by atoms with Gasteiger partial charge in [-0.25, -0.2) is 9.97 Å². The molecule has 0 aliphatic rings. The second-order valence-electron chi connectivity index (χ2n) is 6.45. The van der Waals surface area contributed by atoms with Crippen LogP contribution in [0, 0.1) is 0 Å². The number of likely N-dealkylation sites (N-methyl/N-ethyl adjacent to an activating group) is 1. The standard InChI is InChI=1S/C20H24N4O/c1-4-17(14-23(3)13-16-9-6-5-7-10-16)24-19(15(2)25)22-18-11-8-12-21-20(18)24/h5-12,17H,4,13-14H2,1-3H3. The zero-order chi connectivity index (χ0) is 17.8. The fraction of sp³-hybridized carbons (Fsp3) is 0.350. The Morgan fingerprint density at radius 2 is 1.96 bits per heavy atom. The van der Waals surface area contributed by atoms with Crippen molar-refractivity contribution < 1.29 is 4.79 Å². The first-order chi connectivity index (χ1) is 12.1. The summed E-state index contributed by atoms with van der Waals surface area (Å²) in [5, 5.41) is 0. The van der Waals surface area contributed by atoms with Gasteiger partial charge in [0.05, 0.1) is 0 Å². The molecule has 0 fully saturated rings. The first-order valence-electron chi connectivity index (χ1n) is 8.66. The molecule has 0 aliphatic heterocycles. The van der Waals surface area contributed by atoms with Crippen LogP contribution in [0.2, 0.25) is 0 Å². The van der Waals surface area contributed by atoms with Gasteiger partial charge in [-0.2, -0.15) is 0 Å². The lowest BCUT2D eigenvalue weighted by atomic mass is 10.1. The minimum Gasteiger partial charge on any atom is -0.302 e. The molecular weight excluding hydrogens is 312 g/mol. The molecule has 0 radical (unpaired) electrons. The number of hydrogen-bond acceptors (Lipinski definition) is 4. The highest BCUT2D eigenvalue weighted by atomic mass is 16.1. The summed E-state index contributed by atoms with van der Waals surface area (Å²) in [5.41, 5.74) is 2.84. The lowest BCUT2D eigenvalue weighted by Crippen LogP contribution is -2.28. The average molecular weight is 336 g/mol. The second-order valence-corrected chi connectivity index (χ2v) is 6.45. The predicted molar refractivity (Wildman–Crippen MR) is 99.6 cm³/mol. The maximum Gasteiger partial charge on any atom is 0.195 e. The fourth-order valence-corrected chi connectivity index (χ4v) is 3.24. The van der Waals surface area contributed by atoms with E-state index in [4.69, 9.17) is 0 Å². The molecule has 0 spiro atoms. The number of rotatable bonds is 7. The molecule has 2 heterocycles. The summed E-state index contributed by atoms with van der Waals surface area (Å²) in [7, 11) is 2.11. The third-order valence-corrected chi connectivity index (χ3v) is 4.42. The van der Waals surface area contributed by atoms with Crippen LogP contribution in [-0.4, -0.2) is 38.8 Å². The Balaban J connectivity index is 1.89. The zero-order valence-corrected chi connectivity index (χ0v) is 15.0. The Morgan fingerprint density at radius 1 is 1.20 bits per heavy atom. The number of fused-ring (bicyclic) bond motifs is 1. The van der Waals surface area contributed by atoms with Crippen LogP contribution in [0.5, 0.6) is 0 Å². The number of pyridine rings is 1. The van der Waals surface area contributed by atoms with Crippen molar-refractivity contribution in [2.24, 2.45) is 0 Å². The molecule has 1 atom stereocenters. The van der Waals surface area contributed by atoms with Crippen LogP contribution in [0.3, 0.4) is 0 Å². The smallest absolute Gasteiger partial charge is 0.195 e. The van der Waals surface area contributed by atoms with Gasteiger partial charge >= 0.3 is 0 Å². The zero-order valence-electron chi connectivity index (χ0n) is 15.0. The van der Waals surface area contributed by atoms with E-state index in [0.29, 0.717) is 5.82 Å². The van der Waals surface area contributed by atoms with Crippen LogP contribution >= 0.6 is 0 Å². The van der Waals surface area contributed by atoms with Crippen molar-refractivity contribution in [2.45, 2.75) is 32.9 Å². The molecule has 0 saturated carbocycles. The van der Waals surface area contributed by atoms with Gasteiger partial charge in [-0.3, -0.25) is 4.79 Å². The largest absolute Gasteiger partial charge is 0.302 e. The van der Waals surface area contributed by atoms with E-state index in [0.717, 1.165) is 30.7 Å². The van der Waals surface area contributed by atoms with Crippen molar-refractivity contribution in [3.63, 3.8) is 0 Å². The Hall–Kier alpha value is -2.53. The molecule has 1 aromatic carbocycles. The number of nitrogens with zero attached hydrogens (tertiary/aromatic N) is 4. The number of carbonyl (C=O) groups is 1. The van der Waals surface area contributed by atoms with Crippen molar-refractivity contribution in [3.8, 4) is 0 Å². The number of hydrogen-bond donors (Lipinski definition) is 0. The third-order valence-electron chi connectivity index (χ3n) is 4.42. The van der Waals surface area contributed by atoms with Crippen molar-refractivity contribution in [2.75, 3.05) is 13.6 Å². The number of carbonyl (C=O) groups excluding carboxylic acids is 1. The lowest BCUT2D eigenvalue weighted by molar-refractivity contribution is 0.0995. The first-order valence-corrected chi connectivity index (χ1v) is 8.66. The molecule has 0 aliphatic carbocycles. The minimum absolute atomic E-state index is 0.0258. The van der Waals surface area contributed by atoms with E-state index in [-0.39, 0.29) is 11.8 Å². The van der Waals surface area contributed by atoms with Gasteiger partial charge in [0.1, 0.15) is 5.52 Å². The number of Topliss-reactive ketones (excluding diaryl/α,β-unsaturated/α-hetero) is 1. The van der Waals surface area contributed by atoms with E-state index >= 15 is 0 Å². The normalized spacial score (nSPS) is 12.6. The molecule has 25 heavy (non-hydrogen) atoms. The van der Waals surface area contributed by atoms with Crippen LogP contribution in [0.25, 0.3) is 11.2 Å². The van der Waals surface area contributed by atoms with E-state index in [2.05, 4.69) is 53.1 Å². The second kappa shape index (κ2) is 7.57. The molecule has 0 saturated heterocycles. The Labute approximate surface area is 148 Å². The highest BCUT2D eigenvalue weighted by Crippen LogP contribution is 2.23. The molecular formula is C20H24N4O. The van der Waals surface area contributed by atoms with Crippen LogP contribution in [-0.2, 0) is 6.54 Å². The quantitative estimate of drug-likeness (QED) is 0.617. The van der Waals surface area contributed by atoms with Crippen LogP contribution in [0.1, 0.15) is 42.5 Å². The van der Waals surface area contributed by atoms with E-state index < -0.39 is 0 Å². The molecule has 3 rings (SSSR count). The number of aromatic nitrogens is 3. The maximum atomic E-state index is 12.1. The summed E-state index contributed by atoms with van der Waals surface area (Å²) in [5.74, 6) is 0.468. The van der Waals surface area contributed by atoms with Crippen molar-refractivity contribution >= 4 is 16.9 Å². The molecule has 0 bridgehead atoms. The van der Waals surface area contributed by atoms with E-state index in [1.165, 1.54) is 5.56 Å². The van der Waals surface area contributed by atoms with E-state index in [9.17, 15) is 4.79 Å². The van der Waals surface area contributed by atoms with Gasteiger partial charge in [-0.15, -0.1) is 0 Å². The molecule has 3 aromatic rings. The monoisotopic (exact) mass is 336 g/mol. The van der Waals surface area contributed by atoms with Gasteiger partial charge in [0.15, 0.2) is 17.3 Å². The molecule has 0 N–H and O–H groups in total. The van der Waals surface area contributed by atoms with Crippen LogP contribution in [0.15, 0.2) is 48.7 Å². The highest BCUT2D eigenvalue weighted by Gasteiger charge is 2.22. The maximum absolute atomic E-state index is 12.1. The van der Waals surface area contributed by atoms with Gasteiger partial charge in [-0.05, 0) is 31.2 Å². The fourth-order valence-electron chi connectivity index (χ4n) is 3.24. The van der Waals surface area contributed by atoms with Gasteiger partial charge in [0.2, 0.25) is 0 Å². The summed E-state index contributed by atoms with van der Waals surface area (Å²) in [6, 6.07) is 14.3. The predicted octanol–water partition coefficient (Wildman–Crippen LogP) is 3.72. The topological polar surface area (TPSA) is 51.0 Å². The van der Waals surface area contributed by atoms with Gasteiger partial charge in [-0.1, -0.05) is 37.3 Å². The lowest BCUT2D eigenvalue weighted by Gasteiger charge is -2.25. The molecule has 5 nitrogen and oxygen atoms in total. The summed E-state index contributed by atoms with van der Waals surface area (Å²) < 4.78 is 2.01. The molecule has 0 amide bonds. The first kappa shape index (κ1) is 17.3. The summed E-state index contributed by atoms with van der Waals surface area (Å²) in [4.78, 5) is 23.4. The van der Waals surface area contributed by atoms with Crippen molar-refractivity contribution in [1.82, 2.24) is 19.4 Å². The third kappa shape index (κ3) is 3.77. The van der Waals surface area contributed by atoms with E-state index in [1.54, 1.807) is 13.1 Å². The average Bonchev–Trinajstić information content (AvgIpc) is 3.00. The van der Waals surface area contributed by atoms with Crippen LogP contribution in [0.4, 0.5) is 0 Å². The molecule has 5 heteroatoms. The summed E-state index contributed by atoms with van der Waals surface area (Å²) >= 11 is 0. The van der Waals surface area contributed by atoms with Crippen molar-refractivity contribution in [1.29, 1.82) is 0 Å². The molecule has 130 valence electrons. The molecule has 2 aromatic heterocycles. The number of imidazole rings is 1. The van der Waals surface area contributed by atoms with Gasteiger partial charge in [0, 0.05) is 32.3 Å². The molecule has 1 unspecified atom stereocenters. The van der Waals surface area contributed by atoms with Crippen molar-refractivity contribution in [3.05, 3.63) is 60.0 Å². The minimum atomic E-state index is -0.0258. The SMILES string of the molecule is CCC(CN(C)Cc1ccccc1)n1c(C(C)=O)nc2cccnc21.